The molecule has 0 spiro atoms. The van der Waals surface area contributed by atoms with Crippen LogP contribution in [0.2, 0.25) is 0 Å². The van der Waals surface area contributed by atoms with E-state index in [0.29, 0.717) is 0 Å². The predicted octanol–water partition coefficient (Wildman–Crippen LogP) is 0.425. The highest BCUT2D eigenvalue weighted by atomic mass is 19.1. The second kappa shape index (κ2) is 5.04. The van der Waals surface area contributed by atoms with Crippen LogP contribution in [0.4, 0.5) is 4.39 Å². The molecule has 2 N–H and O–H groups in total. The van der Waals surface area contributed by atoms with E-state index in [-0.39, 0.29) is 18.5 Å². The van der Waals surface area contributed by atoms with Crippen molar-refractivity contribution in [3.63, 3.8) is 0 Å². The van der Waals surface area contributed by atoms with Gasteiger partial charge in [-0.2, -0.15) is 4.39 Å². The molecule has 1 heterocycles. The predicted molar refractivity (Wildman–Crippen MR) is 48.8 cm³/mol. The zero-order valence-corrected chi connectivity index (χ0v) is 7.74. The van der Waals surface area contributed by atoms with Crippen molar-refractivity contribution in [1.29, 1.82) is 0 Å². The van der Waals surface area contributed by atoms with E-state index in [1.165, 1.54) is 6.07 Å². The molecule has 80 valence electrons. The molecule has 1 rings (SSSR count). The summed E-state index contributed by atoms with van der Waals surface area (Å²) in [6.07, 6.45) is 0.936. The van der Waals surface area contributed by atoms with E-state index in [1.807, 2.05) is 0 Å². The van der Waals surface area contributed by atoms with Gasteiger partial charge in [0.2, 0.25) is 5.95 Å². The molecule has 6 heteroatoms. The lowest BCUT2D eigenvalue weighted by molar-refractivity contribution is -0.136. The van der Waals surface area contributed by atoms with E-state index in [0.717, 1.165) is 12.3 Å². The maximum Gasteiger partial charge on any atom is 0.305 e. The van der Waals surface area contributed by atoms with E-state index in [9.17, 15) is 14.0 Å². The number of carbonyl (C=O) groups is 2. The van der Waals surface area contributed by atoms with Crippen molar-refractivity contribution in [3.8, 4) is 0 Å². The molecule has 0 saturated carbocycles. The smallest absolute Gasteiger partial charge is 0.305 e. The van der Waals surface area contributed by atoms with Gasteiger partial charge in [-0.15, -0.1) is 0 Å². The number of halogens is 1. The number of pyridine rings is 1. The second-order valence-corrected chi connectivity index (χ2v) is 2.77. The molecule has 0 radical (unpaired) electrons. The minimum Gasteiger partial charge on any atom is -0.481 e. The molecule has 0 aliphatic rings. The maximum atomic E-state index is 12.4. The van der Waals surface area contributed by atoms with Crippen LogP contribution in [0.15, 0.2) is 18.3 Å². The third-order valence-electron chi connectivity index (χ3n) is 1.61. The van der Waals surface area contributed by atoms with E-state index >= 15 is 0 Å². The highest BCUT2D eigenvalue weighted by Gasteiger charge is 2.06. The topological polar surface area (TPSA) is 79.3 Å². The SMILES string of the molecule is O=C(O)CCNC(=O)c1ccc(F)nc1. The Kier molecular flexibility index (Phi) is 3.73. The number of carboxylic acid groups (broad SMARTS) is 1. The van der Waals surface area contributed by atoms with Gasteiger partial charge >= 0.3 is 5.97 Å². The number of rotatable bonds is 4. The number of nitrogens with zero attached hydrogens (tertiary/aromatic N) is 1. The van der Waals surface area contributed by atoms with Crippen molar-refractivity contribution < 1.29 is 19.1 Å². The molecule has 0 aliphatic heterocycles. The minimum atomic E-state index is -0.993. The summed E-state index contributed by atoms with van der Waals surface area (Å²) in [6, 6.07) is 2.34. The van der Waals surface area contributed by atoms with E-state index in [2.05, 4.69) is 10.3 Å². The zero-order valence-electron chi connectivity index (χ0n) is 7.74. The normalized spacial score (nSPS) is 9.67. The number of hydrogen-bond donors (Lipinski definition) is 2. The lowest BCUT2D eigenvalue weighted by atomic mass is 10.2. The van der Waals surface area contributed by atoms with Crippen molar-refractivity contribution in [1.82, 2.24) is 10.3 Å². The van der Waals surface area contributed by atoms with Gasteiger partial charge in [-0.05, 0) is 12.1 Å². The average Bonchev–Trinajstić information content (AvgIpc) is 2.18. The van der Waals surface area contributed by atoms with Gasteiger partial charge in [0.25, 0.3) is 5.91 Å². The van der Waals surface area contributed by atoms with Crippen LogP contribution in [0.25, 0.3) is 0 Å². The summed E-state index contributed by atoms with van der Waals surface area (Å²) in [5, 5.41) is 10.7. The van der Waals surface area contributed by atoms with Crippen molar-refractivity contribution in [2.75, 3.05) is 6.54 Å². The summed E-state index contributed by atoms with van der Waals surface area (Å²) < 4.78 is 12.4. The van der Waals surface area contributed by atoms with E-state index in [1.54, 1.807) is 0 Å². The minimum absolute atomic E-state index is 0.0333. The second-order valence-electron chi connectivity index (χ2n) is 2.77. The number of carboxylic acids is 1. The maximum absolute atomic E-state index is 12.4. The molecular weight excluding hydrogens is 203 g/mol. The Labute approximate surface area is 84.9 Å². The standard InChI is InChI=1S/C9H9FN2O3/c10-7-2-1-6(5-12-7)9(15)11-4-3-8(13)14/h1-2,5H,3-4H2,(H,11,15)(H,13,14). The Bertz CT molecular complexity index is 364. The van der Waals surface area contributed by atoms with Crippen molar-refractivity contribution >= 4 is 11.9 Å². The summed E-state index contributed by atoms with van der Waals surface area (Å²) >= 11 is 0. The fourth-order valence-electron chi connectivity index (χ4n) is 0.895. The largest absolute Gasteiger partial charge is 0.481 e. The van der Waals surface area contributed by atoms with Crippen molar-refractivity contribution in [2.24, 2.45) is 0 Å². The van der Waals surface area contributed by atoms with Crippen LogP contribution in [0.3, 0.4) is 0 Å². The van der Waals surface area contributed by atoms with Gasteiger partial charge in [-0.3, -0.25) is 9.59 Å². The lowest BCUT2D eigenvalue weighted by Crippen LogP contribution is -2.26. The number of nitrogens with one attached hydrogen (secondary N) is 1. The number of hydrogen-bond acceptors (Lipinski definition) is 3. The molecule has 0 fully saturated rings. The first-order chi connectivity index (χ1) is 7.09. The third kappa shape index (κ3) is 3.72. The first-order valence-corrected chi connectivity index (χ1v) is 4.21. The number of aliphatic carboxylic acids is 1. The fraction of sp³-hybridized carbons (Fsp3) is 0.222. The van der Waals surface area contributed by atoms with Gasteiger partial charge in [0.15, 0.2) is 0 Å². The lowest BCUT2D eigenvalue weighted by Gasteiger charge is -2.02. The van der Waals surface area contributed by atoms with Gasteiger partial charge in [0.1, 0.15) is 0 Å². The summed E-state index contributed by atoms with van der Waals surface area (Å²) in [7, 11) is 0. The Morgan fingerprint density at radius 1 is 1.47 bits per heavy atom. The Morgan fingerprint density at radius 2 is 2.20 bits per heavy atom. The van der Waals surface area contributed by atoms with E-state index in [4.69, 9.17) is 5.11 Å². The summed E-state index contributed by atoms with van der Waals surface area (Å²) in [5.41, 5.74) is 0.196. The van der Waals surface area contributed by atoms with Crippen LogP contribution in [-0.4, -0.2) is 28.5 Å². The molecule has 0 saturated heterocycles. The highest BCUT2D eigenvalue weighted by molar-refractivity contribution is 5.93. The van der Waals surface area contributed by atoms with Crippen LogP contribution in [-0.2, 0) is 4.79 Å². The summed E-state index contributed by atoms with van der Waals surface area (Å²) in [6.45, 7) is 0.0333. The Morgan fingerprint density at radius 3 is 2.73 bits per heavy atom. The number of carbonyl (C=O) groups excluding carboxylic acids is 1. The van der Waals surface area contributed by atoms with Crippen LogP contribution in [0.5, 0.6) is 0 Å². The molecule has 0 aromatic carbocycles. The Hall–Kier alpha value is -1.98. The monoisotopic (exact) mass is 212 g/mol. The molecule has 0 bridgehead atoms. The highest BCUT2D eigenvalue weighted by Crippen LogP contribution is 1.98. The van der Waals surface area contributed by atoms with Crippen LogP contribution >= 0.6 is 0 Å². The van der Waals surface area contributed by atoms with Gasteiger partial charge in [-0.25, -0.2) is 4.98 Å². The molecule has 0 unspecified atom stereocenters. The van der Waals surface area contributed by atoms with Gasteiger partial charge in [-0.1, -0.05) is 0 Å². The molecule has 15 heavy (non-hydrogen) atoms. The third-order valence-corrected chi connectivity index (χ3v) is 1.61. The van der Waals surface area contributed by atoms with Crippen LogP contribution in [0, 0.1) is 5.95 Å². The summed E-state index contributed by atoms with van der Waals surface area (Å²) in [4.78, 5) is 24.7. The number of aromatic nitrogens is 1. The van der Waals surface area contributed by atoms with Crippen LogP contribution < -0.4 is 5.32 Å². The van der Waals surface area contributed by atoms with Gasteiger partial charge in [0, 0.05) is 12.7 Å². The molecule has 1 aromatic rings. The quantitative estimate of drug-likeness (QED) is 0.709. The van der Waals surface area contributed by atoms with Crippen LogP contribution in [0.1, 0.15) is 16.8 Å². The molecule has 0 atom stereocenters. The molecule has 5 nitrogen and oxygen atoms in total. The molecule has 0 aliphatic carbocycles. The van der Waals surface area contributed by atoms with Gasteiger partial charge < -0.3 is 10.4 Å². The summed E-state index contributed by atoms with van der Waals surface area (Å²) in [5.74, 6) is -2.13. The van der Waals surface area contributed by atoms with Crippen molar-refractivity contribution in [3.05, 3.63) is 29.8 Å². The first kappa shape index (κ1) is 11.1. The van der Waals surface area contributed by atoms with Gasteiger partial charge in [0.05, 0.1) is 12.0 Å². The molecular formula is C9H9FN2O3. The average molecular weight is 212 g/mol. The Balaban J connectivity index is 2.47. The van der Waals surface area contributed by atoms with Crippen molar-refractivity contribution in [2.45, 2.75) is 6.42 Å². The molecule has 1 amide bonds. The number of amides is 1. The molecule has 1 aromatic heterocycles. The zero-order chi connectivity index (χ0) is 11.3. The fourth-order valence-corrected chi connectivity index (χ4v) is 0.895. The van der Waals surface area contributed by atoms with E-state index < -0.39 is 17.8 Å². The first-order valence-electron chi connectivity index (χ1n) is 4.21.